The number of aryl methyl sites for hydroxylation is 2. The topological polar surface area (TPSA) is 84.9 Å². The van der Waals surface area contributed by atoms with Gasteiger partial charge in [-0.3, -0.25) is 14.4 Å². The van der Waals surface area contributed by atoms with Crippen LogP contribution in [0.15, 0.2) is 42.5 Å². The van der Waals surface area contributed by atoms with Crippen LogP contribution < -0.4 is 15.0 Å². The summed E-state index contributed by atoms with van der Waals surface area (Å²) >= 11 is 0. The molecule has 7 nitrogen and oxygen atoms in total. The molecule has 0 unspecified atom stereocenters. The van der Waals surface area contributed by atoms with Crippen molar-refractivity contribution in [2.45, 2.75) is 38.7 Å². The molecule has 2 atom stereocenters. The van der Waals surface area contributed by atoms with Crippen molar-refractivity contribution in [3.63, 3.8) is 0 Å². The predicted molar refractivity (Wildman–Crippen MR) is 116 cm³/mol. The fourth-order valence-corrected chi connectivity index (χ4v) is 4.17. The Balaban J connectivity index is 1.35. The molecule has 1 saturated heterocycles. The third-order valence-corrected chi connectivity index (χ3v) is 5.86. The number of fused-ring (bicyclic) bond motifs is 1. The van der Waals surface area contributed by atoms with Gasteiger partial charge < -0.3 is 19.7 Å². The van der Waals surface area contributed by atoms with Crippen molar-refractivity contribution in [3.05, 3.63) is 53.6 Å². The Morgan fingerprint density at radius 1 is 1.13 bits per heavy atom. The summed E-state index contributed by atoms with van der Waals surface area (Å²) in [7, 11) is 1.53. The maximum Gasteiger partial charge on any atom is 0.312 e. The lowest BCUT2D eigenvalue weighted by Crippen LogP contribution is -2.33. The lowest BCUT2D eigenvalue weighted by molar-refractivity contribution is -0.157. The van der Waals surface area contributed by atoms with Crippen LogP contribution in [0.4, 0.5) is 11.4 Å². The summed E-state index contributed by atoms with van der Waals surface area (Å²) < 4.78 is 10.7. The molecule has 162 valence electrons. The van der Waals surface area contributed by atoms with Gasteiger partial charge in [0.25, 0.3) is 5.91 Å². The molecule has 2 aliphatic rings. The smallest absolute Gasteiger partial charge is 0.312 e. The molecule has 1 aliphatic heterocycles. The molecule has 2 aromatic carbocycles. The number of methoxy groups -OCH3 is 1. The van der Waals surface area contributed by atoms with E-state index in [-0.39, 0.29) is 18.9 Å². The summed E-state index contributed by atoms with van der Waals surface area (Å²) in [6.07, 6.45) is 2.30. The van der Waals surface area contributed by atoms with Gasteiger partial charge in [0, 0.05) is 18.7 Å². The normalized spacial score (nSPS) is 18.5. The average Bonchev–Trinajstić information content (AvgIpc) is 3.39. The predicted octanol–water partition coefficient (Wildman–Crippen LogP) is 3.11. The molecule has 31 heavy (non-hydrogen) atoms. The van der Waals surface area contributed by atoms with Crippen molar-refractivity contribution >= 4 is 29.2 Å². The highest BCUT2D eigenvalue weighted by Gasteiger charge is 2.38. The molecule has 7 heteroatoms. The maximum atomic E-state index is 12.6. The van der Waals surface area contributed by atoms with E-state index in [1.54, 1.807) is 12.1 Å². The number of para-hydroxylation sites is 2. The highest BCUT2D eigenvalue weighted by Crippen LogP contribution is 2.33. The van der Waals surface area contributed by atoms with Gasteiger partial charge in [0.15, 0.2) is 6.10 Å². The van der Waals surface area contributed by atoms with Crippen molar-refractivity contribution in [3.8, 4) is 5.75 Å². The van der Waals surface area contributed by atoms with Crippen LogP contribution >= 0.6 is 0 Å². The third-order valence-electron chi connectivity index (χ3n) is 5.86. The first kappa shape index (κ1) is 20.9. The summed E-state index contributed by atoms with van der Waals surface area (Å²) in [5.41, 5.74) is 3.89. The zero-order chi connectivity index (χ0) is 22.0. The molecule has 2 aromatic rings. The average molecular weight is 422 g/mol. The zero-order valence-electron chi connectivity index (χ0n) is 17.7. The van der Waals surface area contributed by atoms with Crippen molar-refractivity contribution in [1.82, 2.24) is 0 Å². The molecule has 1 N–H and O–H groups in total. The first-order valence-corrected chi connectivity index (χ1v) is 10.5. The quantitative estimate of drug-likeness (QED) is 0.723. The number of carbonyl (C=O) groups excluding carboxylic acids is 3. The van der Waals surface area contributed by atoms with E-state index in [0.717, 1.165) is 19.3 Å². The van der Waals surface area contributed by atoms with Crippen LogP contribution in [0.3, 0.4) is 0 Å². The van der Waals surface area contributed by atoms with E-state index in [1.165, 1.54) is 30.1 Å². The van der Waals surface area contributed by atoms with Crippen LogP contribution in [0.1, 0.15) is 30.9 Å². The standard InChI is InChI=1S/C24H26N2O5/c1-15(23(28)25-19-11-10-16-6-5-7-17(16)12-19)31-24(29)18-13-22(27)26(14-18)20-8-3-4-9-21(20)30-2/h3-4,8-12,15,18H,5-7,13-14H2,1-2H3,(H,25,28)/t15-,18+/m0/s1. The summed E-state index contributed by atoms with van der Waals surface area (Å²) in [6.45, 7) is 1.73. The highest BCUT2D eigenvalue weighted by atomic mass is 16.5. The number of nitrogens with zero attached hydrogens (tertiary/aromatic N) is 1. The number of hydrogen-bond donors (Lipinski definition) is 1. The molecular weight excluding hydrogens is 396 g/mol. The number of ether oxygens (including phenoxy) is 2. The highest BCUT2D eigenvalue weighted by molar-refractivity contribution is 6.01. The van der Waals surface area contributed by atoms with Gasteiger partial charge in [-0.05, 0) is 61.6 Å². The molecule has 1 aliphatic carbocycles. The van der Waals surface area contributed by atoms with E-state index in [9.17, 15) is 14.4 Å². The molecule has 0 spiro atoms. The van der Waals surface area contributed by atoms with E-state index < -0.39 is 23.9 Å². The number of benzene rings is 2. The Kier molecular flexibility index (Phi) is 5.93. The number of esters is 1. The molecule has 0 bridgehead atoms. The fraction of sp³-hybridized carbons (Fsp3) is 0.375. The minimum Gasteiger partial charge on any atom is -0.495 e. The van der Waals surface area contributed by atoms with Crippen LogP contribution in [0, 0.1) is 5.92 Å². The molecular formula is C24H26N2O5. The Labute approximate surface area is 181 Å². The largest absolute Gasteiger partial charge is 0.495 e. The van der Waals surface area contributed by atoms with E-state index in [0.29, 0.717) is 17.1 Å². The van der Waals surface area contributed by atoms with Crippen LogP contribution in [0.25, 0.3) is 0 Å². The van der Waals surface area contributed by atoms with Gasteiger partial charge in [0.2, 0.25) is 5.91 Å². The Morgan fingerprint density at radius 2 is 1.90 bits per heavy atom. The van der Waals surface area contributed by atoms with Gasteiger partial charge in [0.1, 0.15) is 5.75 Å². The number of carbonyl (C=O) groups is 3. The first-order valence-electron chi connectivity index (χ1n) is 10.5. The number of anilines is 2. The van der Waals surface area contributed by atoms with E-state index in [4.69, 9.17) is 9.47 Å². The Morgan fingerprint density at radius 3 is 2.71 bits per heavy atom. The number of nitrogens with one attached hydrogen (secondary N) is 1. The van der Waals surface area contributed by atoms with Gasteiger partial charge in [0.05, 0.1) is 18.7 Å². The molecule has 0 aromatic heterocycles. The number of rotatable bonds is 6. The van der Waals surface area contributed by atoms with Crippen LogP contribution in [0.2, 0.25) is 0 Å². The minimum atomic E-state index is -0.962. The molecule has 4 rings (SSSR count). The number of hydrogen-bond acceptors (Lipinski definition) is 5. The van der Waals surface area contributed by atoms with Gasteiger partial charge in [-0.15, -0.1) is 0 Å². The first-order chi connectivity index (χ1) is 15.0. The zero-order valence-corrected chi connectivity index (χ0v) is 17.7. The molecule has 2 amide bonds. The van der Waals surface area contributed by atoms with E-state index in [2.05, 4.69) is 5.32 Å². The fourth-order valence-electron chi connectivity index (χ4n) is 4.17. The van der Waals surface area contributed by atoms with E-state index >= 15 is 0 Å². The third kappa shape index (κ3) is 4.40. The van der Waals surface area contributed by atoms with Gasteiger partial charge in [-0.25, -0.2) is 0 Å². The van der Waals surface area contributed by atoms with Crippen LogP contribution in [0.5, 0.6) is 5.75 Å². The lowest BCUT2D eigenvalue weighted by Gasteiger charge is -2.20. The van der Waals surface area contributed by atoms with Crippen LogP contribution in [-0.2, 0) is 32.0 Å². The molecule has 0 saturated carbocycles. The lowest BCUT2D eigenvalue weighted by atomic mass is 10.1. The van der Waals surface area contributed by atoms with E-state index in [1.807, 2.05) is 30.3 Å². The second kappa shape index (κ2) is 8.79. The monoisotopic (exact) mass is 422 g/mol. The molecule has 1 heterocycles. The van der Waals surface area contributed by atoms with Crippen molar-refractivity contribution in [1.29, 1.82) is 0 Å². The molecule has 0 radical (unpaired) electrons. The number of amides is 2. The SMILES string of the molecule is COc1ccccc1N1C[C@H](C(=O)O[C@@H](C)C(=O)Nc2ccc3c(c2)CCC3)CC1=O. The summed E-state index contributed by atoms with van der Waals surface area (Å²) in [4.78, 5) is 39.2. The van der Waals surface area contributed by atoms with Crippen molar-refractivity contribution < 1.29 is 23.9 Å². The Hall–Kier alpha value is -3.35. The maximum absolute atomic E-state index is 12.6. The second-order valence-corrected chi connectivity index (χ2v) is 7.98. The summed E-state index contributed by atoms with van der Waals surface area (Å²) in [6, 6.07) is 13.0. The summed E-state index contributed by atoms with van der Waals surface area (Å²) in [5.74, 6) is -1.19. The van der Waals surface area contributed by atoms with Gasteiger partial charge in [-0.1, -0.05) is 18.2 Å². The van der Waals surface area contributed by atoms with Crippen LogP contribution in [-0.4, -0.2) is 37.5 Å². The summed E-state index contributed by atoms with van der Waals surface area (Å²) in [5, 5.41) is 2.82. The second-order valence-electron chi connectivity index (χ2n) is 7.98. The molecule has 1 fully saturated rings. The van der Waals surface area contributed by atoms with Crippen molar-refractivity contribution in [2.75, 3.05) is 23.9 Å². The van der Waals surface area contributed by atoms with Gasteiger partial charge in [-0.2, -0.15) is 0 Å². The Bertz CT molecular complexity index is 1020. The van der Waals surface area contributed by atoms with Crippen molar-refractivity contribution in [2.24, 2.45) is 5.92 Å². The van der Waals surface area contributed by atoms with Gasteiger partial charge >= 0.3 is 5.97 Å². The minimum absolute atomic E-state index is 0.0377.